The molecule has 0 aromatic heterocycles. The molecular weight excluding hydrogens is 488 g/mol. The van der Waals surface area contributed by atoms with Gasteiger partial charge in [0.15, 0.2) is 23.3 Å². The molecule has 2 aromatic carbocycles. The van der Waals surface area contributed by atoms with Crippen molar-refractivity contribution in [1.82, 2.24) is 4.58 Å². The lowest BCUT2D eigenvalue weighted by molar-refractivity contribution is 0.0690. The number of nitrogens with zero attached hydrogens (tertiary/aromatic N) is 2. The smallest absolute Gasteiger partial charge is 0.339 e. The lowest BCUT2D eigenvalue weighted by Crippen LogP contribution is -2.26. The fourth-order valence-electron chi connectivity index (χ4n) is 4.13. The van der Waals surface area contributed by atoms with E-state index in [0.717, 1.165) is 36.4 Å². The van der Waals surface area contributed by atoms with Gasteiger partial charge in [-0.3, -0.25) is 0 Å². The van der Waals surface area contributed by atoms with E-state index in [1.54, 1.807) is 0 Å². The Balaban J connectivity index is 1.81. The third-order valence-electron chi connectivity index (χ3n) is 5.73. The highest BCUT2D eigenvalue weighted by Gasteiger charge is 2.33. The van der Waals surface area contributed by atoms with Crippen LogP contribution in [0, 0.1) is 23.3 Å². The highest BCUT2D eigenvalue weighted by molar-refractivity contribution is 6.08. The summed E-state index contributed by atoms with van der Waals surface area (Å²) in [7, 11) is 0. The van der Waals surface area contributed by atoms with Gasteiger partial charge in [0.25, 0.3) is 0 Å². The van der Waals surface area contributed by atoms with Crippen LogP contribution in [0.1, 0.15) is 57.8 Å². The highest BCUT2D eigenvalue weighted by Crippen LogP contribution is 2.44. The van der Waals surface area contributed by atoms with Gasteiger partial charge in [0.05, 0.1) is 6.07 Å². The van der Waals surface area contributed by atoms with Gasteiger partial charge in [0.2, 0.25) is 5.36 Å². The first kappa shape index (κ1) is 11.7. The van der Waals surface area contributed by atoms with Crippen LogP contribution in [0.15, 0.2) is 40.8 Å². The van der Waals surface area contributed by atoms with Gasteiger partial charge in [-0.25, -0.2) is 26.9 Å². The number of fused-ring (bicyclic) bond motifs is 2. The zero-order valence-corrected chi connectivity index (χ0v) is 18.1. The van der Waals surface area contributed by atoms with Crippen LogP contribution in [-0.2, 0) is 0 Å². The van der Waals surface area contributed by atoms with Crippen LogP contribution in [0.3, 0.4) is 0 Å². The minimum absolute atomic E-state index is 0.0905. The molecule has 6 rings (SSSR count). The standard InChI is InChI=1S/C28H22F4N2O3/c29-24-22(23(28(35)36)25(30)27(32)26(24)31)21-17-7-5-15(33-9-1-2-10-33)13-19(17)37-20-14-16(6-8-18(20)21)34-11-3-4-12-34/h5-8,13-14H,1-4,9-12H2/p+1/i1D2,2D2,3D2,4D2,9D2,10D2,11D2,12D2. The largest absolute Gasteiger partial charge is 0.478 e. The molecule has 190 valence electrons. The molecule has 5 nitrogen and oxygen atoms in total. The normalized spacial score (nSPS) is 33.2. The molecule has 2 aromatic rings. The number of benzene rings is 3. The molecule has 2 fully saturated rings. The monoisotopic (exact) mass is 527 g/mol. The van der Waals surface area contributed by atoms with Crippen molar-refractivity contribution in [2.75, 3.05) is 30.9 Å². The van der Waals surface area contributed by atoms with Gasteiger partial charge >= 0.3 is 5.97 Å². The summed E-state index contributed by atoms with van der Waals surface area (Å²) in [6.07, 6.45) is -14.1. The van der Waals surface area contributed by atoms with Crippen molar-refractivity contribution >= 4 is 22.6 Å². The molecule has 2 saturated heterocycles. The fourth-order valence-corrected chi connectivity index (χ4v) is 4.13. The van der Waals surface area contributed by atoms with Gasteiger partial charge in [-0.05, 0) is 30.9 Å². The molecule has 0 amide bonds. The molecule has 0 saturated carbocycles. The van der Waals surface area contributed by atoms with E-state index in [-0.39, 0.29) is 9.48 Å². The Kier molecular flexibility index (Phi) is 2.81. The Hall–Kier alpha value is -3.88. The van der Waals surface area contributed by atoms with E-state index in [4.69, 9.17) is 26.3 Å². The second-order valence-corrected chi connectivity index (χ2v) is 7.77. The molecule has 0 radical (unpaired) electrons. The molecule has 0 atom stereocenters. The molecule has 3 aliphatic heterocycles. The zero-order valence-electron chi connectivity index (χ0n) is 34.1. The Morgan fingerprint density at radius 1 is 0.892 bits per heavy atom. The van der Waals surface area contributed by atoms with Gasteiger partial charge in [-0.1, -0.05) is 0 Å². The van der Waals surface area contributed by atoms with Crippen molar-refractivity contribution in [3.8, 4) is 22.5 Å². The summed E-state index contributed by atoms with van der Waals surface area (Å²) >= 11 is 0. The average Bonchev–Trinajstić information content (AvgIpc) is 3.15. The van der Waals surface area contributed by atoms with Crippen LogP contribution in [0.25, 0.3) is 33.4 Å². The molecular formula is C28H23F4N2O3+. The quantitative estimate of drug-likeness (QED) is 0.123. The van der Waals surface area contributed by atoms with Crippen molar-refractivity contribution in [1.29, 1.82) is 0 Å². The van der Waals surface area contributed by atoms with Crippen LogP contribution in [0.4, 0.5) is 23.2 Å². The predicted molar refractivity (Wildman–Crippen MR) is 131 cm³/mol. The molecule has 4 aliphatic rings. The maximum Gasteiger partial charge on any atom is 0.339 e. The molecule has 0 unspecified atom stereocenters. The van der Waals surface area contributed by atoms with Gasteiger partial charge < -0.3 is 14.4 Å². The van der Waals surface area contributed by atoms with Crippen molar-refractivity contribution in [2.45, 2.75) is 25.5 Å². The maximum atomic E-state index is 15.7. The number of rotatable bonds is 3. The Bertz CT molecular complexity index is 2280. The van der Waals surface area contributed by atoms with Gasteiger partial charge in [0, 0.05) is 82.1 Å². The zero-order chi connectivity index (χ0) is 40.2. The van der Waals surface area contributed by atoms with Crippen LogP contribution in [-0.4, -0.2) is 37.1 Å². The SMILES string of the molecule is [2H]C1([2H])N(c2ccc3c(-c4c(F)c(F)c(F)c(F)c4C(=O)O)c4ccc(=[N+]5C([2H])([2H])C([2H])([2H])C([2H])([2H])C5([2H])[2H])cc-4oc3c2)C([2H])([2H])C([2H])([2H])C1([2H])[2H]. The van der Waals surface area contributed by atoms with Crippen molar-refractivity contribution in [2.24, 2.45) is 0 Å². The Morgan fingerprint density at radius 2 is 1.59 bits per heavy atom. The van der Waals surface area contributed by atoms with Gasteiger partial charge in [0.1, 0.15) is 35.4 Å². The molecule has 1 N–H and O–H groups in total. The summed E-state index contributed by atoms with van der Waals surface area (Å²) in [6, 6.07) is 4.94. The van der Waals surface area contributed by atoms with E-state index in [1.807, 2.05) is 0 Å². The van der Waals surface area contributed by atoms with E-state index >= 15 is 8.78 Å². The number of aromatic carboxylic acids is 1. The summed E-state index contributed by atoms with van der Waals surface area (Å²) < 4.78 is 198. The number of hydrogen-bond acceptors (Lipinski definition) is 3. The van der Waals surface area contributed by atoms with Crippen LogP contribution in [0.2, 0.25) is 0 Å². The summed E-state index contributed by atoms with van der Waals surface area (Å²) in [6.45, 7) is -13.8. The second-order valence-electron chi connectivity index (χ2n) is 7.77. The molecule has 3 heterocycles. The number of carboxylic acids is 1. The van der Waals surface area contributed by atoms with Gasteiger partial charge in [-0.15, -0.1) is 0 Å². The van der Waals surface area contributed by atoms with Crippen LogP contribution < -0.4 is 14.8 Å². The van der Waals surface area contributed by atoms with E-state index < -0.39 is 131 Å². The summed E-state index contributed by atoms with van der Waals surface area (Å²) in [4.78, 5) is 12.3. The van der Waals surface area contributed by atoms with E-state index in [0.29, 0.717) is 0 Å². The van der Waals surface area contributed by atoms with Crippen molar-refractivity contribution in [3.63, 3.8) is 0 Å². The molecule has 0 spiro atoms. The maximum absolute atomic E-state index is 15.7. The third kappa shape index (κ3) is 3.75. The number of carbonyl (C=O) groups is 1. The average molecular weight is 528 g/mol. The Morgan fingerprint density at radius 3 is 2.30 bits per heavy atom. The van der Waals surface area contributed by atoms with E-state index in [2.05, 4.69) is 0 Å². The van der Waals surface area contributed by atoms with Crippen LogP contribution in [0.5, 0.6) is 0 Å². The second kappa shape index (κ2) is 8.90. The first-order valence-corrected chi connectivity index (χ1v) is 10.4. The summed E-state index contributed by atoms with van der Waals surface area (Å²) in [5, 5.41) is 8.73. The van der Waals surface area contributed by atoms with E-state index in [9.17, 15) is 18.7 Å². The van der Waals surface area contributed by atoms with E-state index in [1.165, 1.54) is 0 Å². The minimum atomic E-state index is -3.52. The highest BCUT2D eigenvalue weighted by atomic mass is 19.2. The number of hydrogen-bond donors (Lipinski definition) is 1. The molecule has 37 heavy (non-hydrogen) atoms. The number of halogens is 4. The van der Waals surface area contributed by atoms with Gasteiger partial charge in [-0.2, -0.15) is 0 Å². The first-order valence-electron chi connectivity index (χ1n) is 18.4. The molecule has 9 heteroatoms. The number of carboxylic acid groups (broad SMARTS) is 1. The minimum Gasteiger partial charge on any atom is -0.478 e. The summed E-state index contributed by atoms with van der Waals surface area (Å²) in [5.74, 6) is -12.5. The third-order valence-corrected chi connectivity index (χ3v) is 5.73. The lowest BCUT2D eigenvalue weighted by atomic mass is 9.89. The first-order chi connectivity index (χ1) is 23.9. The summed E-state index contributed by atoms with van der Waals surface area (Å²) in [5.41, 5.74) is -5.72. The van der Waals surface area contributed by atoms with Crippen molar-refractivity contribution < 1.29 is 53.8 Å². The van der Waals surface area contributed by atoms with Crippen LogP contribution >= 0.6 is 0 Å². The van der Waals surface area contributed by atoms with Crippen molar-refractivity contribution in [3.05, 3.63) is 70.6 Å². The number of anilines is 1. The Labute approximate surface area is 231 Å². The molecule has 0 bridgehead atoms. The topological polar surface area (TPSA) is 56.7 Å². The molecule has 1 aliphatic carbocycles. The predicted octanol–water partition coefficient (Wildman–Crippen LogP) is 5.63. The lowest BCUT2D eigenvalue weighted by Gasteiger charge is -2.21. The fraction of sp³-hybridized carbons (Fsp3) is 0.286.